The highest BCUT2D eigenvalue weighted by Crippen LogP contribution is 2.22. The van der Waals surface area contributed by atoms with Crippen LogP contribution in [0.1, 0.15) is 12.0 Å². The fraction of sp³-hybridized carbons (Fsp3) is 0.200. The molecule has 0 aliphatic heterocycles. The number of anilines is 2. The third-order valence-electron chi connectivity index (χ3n) is 3.89. The molecule has 2 aromatic carbocycles. The number of rotatable bonds is 6. The van der Waals surface area contributed by atoms with Gasteiger partial charge in [-0.15, -0.1) is 0 Å². The molecular weight excluding hydrogens is 312 g/mol. The monoisotopic (exact) mass is 334 g/mol. The van der Waals surface area contributed by atoms with E-state index in [1.165, 1.54) is 0 Å². The first-order chi connectivity index (χ1) is 12.2. The number of aromatic nitrogens is 1. The molecule has 3 N–H and O–H groups in total. The molecule has 0 saturated heterocycles. The number of nitrogens with zero attached hydrogens (tertiary/aromatic N) is 1. The highest BCUT2D eigenvalue weighted by atomic mass is 16.2. The number of hydrogen-bond acceptors (Lipinski definition) is 3. The molecule has 0 radical (unpaired) electrons. The van der Waals surface area contributed by atoms with Gasteiger partial charge in [0.2, 0.25) is 0 Å². The molecule has 0 atom stereocenters. The van der Waals surface area contributed by atoms with E-state index in [4.69, 9.17) is 0 Å². The minimum absolute atomic E-state index is 0.190. The quantitative estimate of drug-likeness (QED) is 0.593. The number of carbonyl (C=O) groups is 1. The molecule has 128 valence electrons. The van der Waals surface area contributed by atoms with Gasteiger partial charge in [0.05, 0.1) is 5.69 Å². The summed E-state index contributed by atoms with van der Waals surface area (Å²) >= 11 is 0. The Kier molecular flexibility index (Phi) is 5.46. The van der Waals surface area contributed by atoms with Crippen LogP contribution >= 0.6 is 0 Å². The van der Waals surface area contributed by atoms with E-state index in [-0.39, 0.29) is 6.03 Å². The molecule has 5 heteroatoms. The molecule has 0 unspecified atom stereocenters. The van der Waals surface area contributed by atoms with Crippen LogP contribution in [0.5, 0.6) is 0 Å². The van der Waals surface area contributed by atoms with Crippen molar-refractivity contribution in [3.05, 3.63) is 66.4 Å². The zero-order valence-electron chi connectivity index (χ0n) is 14.3. The predicted molar refractivity (Wildman–Crippen MR) is 103 cm³/mol. The standard InChI is InChI=1S/C20H22N4O/c1-15-10-11-19(23-14-15)21-12-5-13-22-20(25)24-18-9-4-7-16-6-2-3-8-17(16)18/h2-4,6-11,14H,5,12-13H2,1H3,(H,21,23)(H2,22,24,25). The van der Waals surface area contributed by atoms with Crippen LogP contribution in [0.15, 0.2) is 60.8 Å². The smallest absolute Gasteiger partial charge is 0.319 e. The van der Waals surface area contributed by atoms with Gasteiger partial charge in [-0.3, -0.25) is 0 Å². The number of hydrogen-bond donors (Lipinski definition) is 3. The van der Waals surface area contributed by atoms with Crippen molar-refractivity contribution in [2.45, 2.75) is 13.3 Å². The number of aryl methyl sites for hydroxylation is 1. The maximum atomic E-state index is 12.1. The minimum Gasteiger partial charge on any atom is -0.370 e. The van der Waals surface area contributed by atoms with E-state index in [9.17, 15) is 4.79 Å². The highest BCUT2D eigenvalue weighted by molar-refractivity contribution is 6.01. The van der Waals surface area contributed by atoms with Crippen molar-refractivity contribution in [3.63, 3.8) is 0 Å². The van der Waals surface area contributed by atoms with Gasteiger partial charge in [-0.05, 0) is 36.4 Å². The number of amides is 2. The van der Waals surface area contributed by atoms with E-state index in [0.717, 1.165) is 40.8 Å². The van der Waals surface area contributed by atoms with Crippen LogP contribution in [0.2, 0.25) is 0 Å². The topological polar surface area (TPSA) is 66.0 Å². The van der Waals surface area contributed by atoms with Crippen molar-refractivity contribution >= 4 is 28.3 Å². The summed E-state index contributed by atoms with van der Waals surface area (Å²) in [6.07, 6.45) is 2.65. The van der Waals surface area contributed by atoms with Gasteiger partial charge in [-0.2, -0.15) is 0 Å². The Balaban J connectivity index is 1.43. The van der Waals surface area contributed by atoms with E-state index in [1.54, 1.807) is 0 Å². The zero-order valence-corrected chi connectivity index (χ0v) is 14.3. The first kappa shape index (κ1) is 16.8. The molecule has 1 heterocycles. The van der Waals surface area contributed by atoms with Crippen LogP contribution in [0.25, 0.3) is 10.8 Å². The van der Waals surface area contributed by atoms with Crippen LogP contribution in [-0.2, 0) is 0 Å². The number of carbonyl (C=O) groups excluding carboxylic acids is 1. The van der Waals surface area contributed by atoms with E-state index < -0.39 is 0 Å². The molecule has 3 rings (SSSR count). The second-order valence-corrected chi connectivity index (χ2v) is 5.91. The van der Waals surface area contributed by atoms with E-state index in [2.05, 4.69) is 20.9 Å². The summed E-state index contributed by atoms with van der Waals surface area (Å²) < 4.78 is 0. The number of urea groups is 1. The SMILES string of the molecule is Cc1ccc(NCCCNC(=O)Nc2cccc3ccccc23)nc1. The Morgan fingerprint density at radius 3 is 2.68 bits per heavy atom. The Hall–Kier alpha value is -3.08. The second kappa shape index (κ2) is 8.15. The average Bonchev–Trinajstić information content (AvgIpc) is 2.63. The summed E-state index contributed by atoms with van der Waals surface area (Å²) in [4.78, 5) is 16.4. The first-order valence-electron chi connectivity index (χ1n) is 8.41. The maximum absolute atomic E-state index is 12.1. The van der Waals surface area contributed by atoms with Crippen molar-refractivity contribution in [2.75, 3.05) is 23.7 Å². The van der Waals surface area contributed by atoms with Crippen LogP contribution < -0.4 is 16.0 Å². The number of fused-ring (bicyclic) bond motifs is 1. The minimum atomic E-state index is -0.190. The number of pyridine rings is 1. The van der Waals surface area contributed by atoms with Crippen molar-refractivity contribution in [1.82, 2.24) is 10.3 Å². The Labute approximate surface area is 147 Å². The number of nitrogens with one attached hydrogen (secondary N) is 3. The molecule has 0 aliphatic rings. The van der Waals surface area contributed by atoms with E-state index in [1.807, 2.05) is 67.7 Å². The average molecular weight is 334 g/mol. The predicted octanol–water partition coefficient (Wildman–Crippen LogP) is 4.17. The van der Waals surface area contributed by atoms with Crippen LogP contribution in [0.4, 0.5) is 16.3 Å². The molecule has 0 saturated carbocycles. The van der Waals surface area contributed by atoms with Crippen molar-refractivity contribution in [1.29, 1.82) is 0 Å². The lowest BCUT2D eigenvalue weighted by molar-refractivity contribution is 0.252. The van der Waals surface area contributed by atoms with Gasteiger partial charge in [0, 0.05) is 24.7 Å². The Bertz CT molecular complexity index is 840. The highest BCUT2D eigenvalue weighted by Gasteiger charge is 2.04. The van der Waals surface area contributed by atoms with Gasteiger partial charge < -0.3 is 16.0 Å². The molecule has 25 heavy (non-hydrogen) atoms. The number of benzene rings is 2. The molecule has 0 fully saturated rings. The third-order valence-corrected chi connectivity index (χ3v) is 3.89. The lowest BCUT2D eigenvalue weighted by Gasteiger charge is -2.10. The van der Waals surface area contributed by atoms with Gasteiger partial charge in [0.1, 0.15) is 5.82 Å². The molecule has 1 aromatic heterocycles. The summed E-state index contributed by atoms with van der Waals surface area (Å²) in [7, 11) is 0. The van der Waals surface area contributed by atoms with Crippen LogP contribution in [0, 0.1) is 6.92 Å². The third kappa shape index (κ3) is 4.70. The van der Waals surface area contributed by atoms with Crippen LogP contribution in [0.3, 0.4) is 0 Å². The summed E-state index contributed by atoms with van der Waals surface area (Å²) in [6.45, 7) is 3.36. The molecule has 3 aromatic rings. The van der Waals surface area contributed by atoms with Crippen molar-refractivity contribution < 1.29 is 4.79 Å². The molecule has 2 amide bonds. The molecule has 5 nitrogen and oxygen atoms in total. The summed E-state index contributed by atoms with van der Waals surface area (Å²) in [6, 6.07) is 17.7. The summed E-state index contributed by atoms with van der Waals surface area (Å²) in [5.41, 5.74) is 1.95. The molecule has 0 bridgehead atoms. The van der Waals surface area contributed by atoms with Gasteiger partial charge in [0.25, 0.3) is 0 Å². The normalized spacial score (nSPS) is 10.4. The molecular formula is C20H22N4O. The fourth-order valence-corrected chi connectivity index (χ4v) is 2.58. The second-order valence-electron chi connectivity index (χ2n) is 5.91. The fourth-order valence-electron chi connectivity index (χ4n) is 2.58. The summed E-state index contributed by atoms with van der Waals surface area (Å²) in [5.74, 6) is 0.853. The van der Waals surface area contributed by atoms with Gasteiger partial charge in [-0.25, -0.2) is 9.78 Å². The van der Waals surface area contributed by atoms with E-state index >= 15 is 0 Å². The Morgan fingerprint density at radius 1 is 1.00 bits per heavy atom. The van der Waals surface area contributed by atoms with Gasteiger partial charge in [-0.1, -0.05) is 42.5 Å². The lowest BCUT2D eigenvalue weighted by atomic mass is 10.1. The van der Waals surface area contributed by atoms with Crippen molar-refractivity contribution in [3.8, 4) is 0 Å². The first-order valence-corrected chi connectivity index (χ1v) is 8.41. The van der Waals surface area contributed by atoms with Gasteiger partial charge >= 0.3 is 6.03 Å². The van der Waals surface area contributed by atoms with Gasteiger partial charge in [0.15, 0.2) is 0 Å². The van der Waals surface area contributed by atoms with Crippen LogP contribution in [-0.4, -0.2) is 24.1 Å². The lowest BCUT2D eigenvalue weighted by Crippen LogP contribution is -2.30. The maximum Gasteiger partial charge on any atom is 0.319 e. The molecule has 0 spiro atoms. The Morgan fingerprint density at radius 2 is 1.84 bits per heavy atom. The zero-order chi connectivity index (χ0) is 17.5. The molecule has 0 aliphatic carbocycles. The largest absolute Gasteiger partial charge is 0.370 e. The van der Waals surface area contributed by atoms with E-state index in [0.29, 0.717) is 6.54 Å². The van der Waals surface area contributed by atoms with Crippen molar-refractivity contribution in [2.24, 2.45) is 0 Å². The summed E-state index contributed by atoms with van der Waals surface area (Å²) in [5, 5.41) is 11.2.